The molecule has 118 valence electrons. The van der Waals surface area contributed by atoms with Crippen LogP contribution in [0, 0.1) is 6.92 Å². The first kappa shape index (κ1) is 17.3. The average molecular weight is 294 g/mol. The SMILES string of the molecule is C1CC1.CCOC(=O)CCNc1c(C)cccc1NOC. The summed E-state index contributed by atoms with van der Waals surface area (Å²) >= 11 is 0. The summed E-state index contributed by atoms with van der Waals surface area (Å²) in [6.07, 6.45) is 4.84. The first-order chi connectivity index (χ1) is 10.2. The molecule has 0 radical (unpaired) electrons. The molecule has 21 heavy (non-hydrogen) atoms. The Morgan fingerprint density at radius 1 is 1.29 bits per heavy atom. The second kappa shape index (κ2) is 10.0. The number of hydrogen-bond acceptors (Lipinski definition) is 5. The lowest BCUT2D eigenvalue weighted by Gasteiger charge is -2.14. The number of carbonyl (C=O) groups is 1. The Balaban J connectivity index is 0.000000647. The lowest BCUT2D eigenvalue weighted by atomic mass is 10.1. The van der Waals surface area contributed by atoms with Crippen LogP contribution in [0.15, 0.2) is 18.2 Å². The standard InChI is InChI=1S/C13H20N2O3.C3H6/c1-4-18-12(16)8-9-14-13-10(2)6-5-7-11(13)15-17-3;1-2-3-1/h5-7,14-15H,4,8-9H2,1-3H3;1-3H2. The van der Waals surface area contributed by atoms with Gasteiger partial charge >= 0.3 is 5.97 Å². The zero-order valence-electron chi connectivity index (χ0n) is 13.2. The number of esters is 1. The largest absolute Gasteiger partial charge is 0.466 e. The van der Waals surface area contributed by atoms with E-state index in [0.717, 1.165) is 16.9 Å². The van der Waals surface area contributed by atoms with Crippen LogP contribution in [0.2, 0.25) is 0 Å². The van der Waals surface area contributed by atoms with Crippen LogP contribution in [-0.4, -0.2) is 26.2 Å². The van der Waals surface area contributed by atoms with Crippen LogP contribution in [0.4, 0.5) is 11.4 Å². The summed E-state index contributed by atoms with van der Waals surface area (Å²) in [5, 5.41) is 3.21. The fourth-order valence-corrected chi connectivity index (χ4v) is 1.62. The van der Waals surface area contributed by atoms with Gasteiger partial charge in [0.25, 0.3) is 0 Å². The average Bonchev–Trinajstić information content (AvgIpc) is 3.31. The minimum Gasteiger partial charge on any atom is -0.466 e. The molecule has 0 amide bonds. The van der Waals surface area contributed by atoms with E-state index in [1.54, 1.807) is 14.0 Å². The number of hydrogen-bond donors (Lipinski definition) is 2. The molecule has 1 aromatic carbocycles. The lowest BCUT2D eigenvalue weighted by Crippen LogP contribution is -2.13. The number of ether oxygens (including phenoxy) is 1. The van der Waals surface area contributed by atoms with Gasteiger partial charge < -0.3 is 10.1 Å². The predicted octanol–water partition coefficient (Wildman–Crippen LogP) is 3.50. The Morgan fingerprint density at radius 2 is 2.00 bits per heavy atom. The molecule has 0 bridgehead atoms. The van der Waals surface area contributed by atoms with Crippen LogP contribution in [0.25, 0.3) is 0 Å². The second-order valence-corrected chi connectivity index (χ2v) is 4.85. The topological polar surface area (TPSA) is 59.6 Å². The summed E-state index contributed by atoms with van der Waals surface area (Å²) in [5.74, 6) is -0.195. The third kappa shape index (κ3) is 7.56. The Labute approximate surface area is 127 Å². The molecular weight excluding hydrogens is 268 g/mol. The van der Waals surface area contributed by atoms with Gasteiger partial charge in [0.1, 0.15) is 0 Å². The van der Waals surface area contributed by atoms with Crippen molar-refractivity contribution < 1.29 is 14.4 Å². The molecule has 0 spiro atoms. The minimum atomic E-state index is -0.195. The molecule has 5 nitrogen and oxygen atoms in total. The molecule has 0 unspecified atom stereocenters. The molecule has 1 fully saturated rings. The van der Waals surface area contributed by atoms with Gasteiger partial charge in [0.15, 0.2) is 0 Å². The molecule has 1 aromatic rings. The van der Waals surface area contributed by atoms with Gasteiger partial charge in [-0.3, -0.25) is 15.1 Å². The molecule has 1 aliphatic rings. The van der Waals surface area contributed by atoms with Crippen molar-refractivity contribution >= 4 is 17.3 Å². The molecule has 0 aliphatic heterocycles. The van der Waals surface area contributed by atoms with Gasteiger partial charge in [-0.1, -0.05) is 31.4 Å². The fourth-order valence-electron chi connectivity index (χ4n) is 1.62. The van der Waals surface area contributed by atoms with Gasteiger partial charge in [-0.25, -0.2) is 0 Å². The van der Waals surface area contributed by atoms with E-state index in [2.05, 4.69) is 10.8 Å². The zero-order chi connectivity index (χ0) is 15.5. The van der Waals surface area contributed by atoms with E-state index in [4.69, 9.17) is 9.57 Å². The van der Waals surface area contributed by atoms with Gasteiger partial charge in [0.05, 0.1) is 31.5 Å². The molecule has 2 N–H and O–H groups in total. The van der Waals surface area contributed by atoms with Crippen molar-refractivity contribution in [3.63, 3.8) is 0 Å². The smallest absolute Gasteiger partial charge is 0.307 e. The molecule has 0 saturated heterocycles. The summed E-state index contributed by atoms with van der Waals surface area (Å²) in [7, 11) is 1.56. The third-order valence-electron chi connectivity index (χ3n) is 2.77. The van der Waals surface area contributed by atoms with Crippen LogP contribution < -0.4 is 10.8 Å². The number of para-hydroxylation sites is 1. The summed E-state index contributed by atoms with van der Waals surface area (Å²) in [6, 6.07) is 5.84. The van der Waals surface area contributed by atoms with Crippen molar-refractivity contribution in [1.29, 1.82) is 0 Å². The summed E-state index contributed by atoms with van der Waals surface area (Å²) in [4.78, 5) is 16.1. The maximum atomic E-state index is 11.2. The van der Waals surface area contributed by atoms with Gasteiger partial charge in [0.2, 0.25) is 0 Å². The maximum Gasteiger partial charge on any atom is 0.307 e. The maximum absolute atomic E-state index is 11.2. The molecule has 0 aromatic heterocycles. The Kier molecular flexibility index (Phi) is 8.28. The lowest BCUT2D eigenvalue weighted by molar-refractivity contribution is -0.142. The number of rotatable bonds is 7. The molecule has 0 heterocycles. The van der Waals surface area contributed by atoms with Gasteiger partial charge in [0, 0.05) is 6.54 Å². The fraction of sp³-hybridized carbons (Fsp3) is 0.562. The van der Waals surface area contributed by atoms with E-state index in [0.29, 0.717) is 19.6 Å². The summed E-state index contributed by atoms with van der Waals surface area (Å²) in [6.45, 7) is 4.74. The van der Waals surface area contributed by atoms with Crippen molar-refractivity contribution in [2.45, 2.75) is 39.5 Å². The number of benzene rings is 1. The highest BCUT2D eigenvalue weighted by Gasteiger charge is 2.06. The molecule has 2 rings (SSSR count). The number of aryl methyl sites for hydroxylation is 1. The monoisotopic (exact) mass is 294 g/mol. The summed E-state index contributed by atoms with van der Waals surface area (Å²) < 4.78 is 4.87. The van der Waals surface area contributed by atoms with Crippen molar-refractivity contribution in [2.75, 3.05) is 31.1 Å². The van der Waals surface area contributed by atoms with E-state index in [-0.39, 0.29) is 5.97 Å². The van der Waals surface area contributed by atoms with Crippen LogP contribution in [-0.2, 0) is 14.4 Å². The molecule has 1 aliphatic carbocycles. The number of carbonyl (C=O) groups excluding carboxylic acids is 1. The number of nitrogens with one attached hydrogen (secondary N) is 2. The van der Waals surface area contributed by atoms with E-state index in [1.165, 1.54) is 19.3 Å². The highest BCUT2D eigenvalue weighted by molar-refractivity contribution is 5.73. The van der Waals surface area contributed by atoms with E-state index in [1.807, 2.05) is 25.1 Å². The highest BCUT2D eigenvalue weighted by atomic mass is 16.6. The van der Waals surface area contributed by atoms with Gasteiger partial charge in [-0.05, 0) is 25.5 Å². The van der Waals surface area contributed by atoms with Crippen molar-refractivity contribution in [1.82, 2.24) is 0 Å². The van der Waals surface area contributed by atoms with E-state index < -0.39 is 0 Å². The van der Waals surface area contributed by atoms with Gasteiger partial charge in [-0.2, -0.15) is 0 Å². The third-order valence-corrected chi connectivity index (χ3v) is 2.77. The molecule has 1 saturated carbocycles. The van der Waals surface area contributed by atoms with Crippen LogP contribution >= 0.6 is 0 Å². The van der Waals surface area contributed by atoms with Crippen LogP contribution in [0.3, 0.4) is 0 Å². The first-order valence-electron chi connectivity index (χ1n) is 7.47. The second-order valence-electron chi connectivity index (χ2n) is 4.85. The minimum absolute atomic E-state index is 0.195. The predicted molar refractivity (Wildman–Crippen MR) is 85.4 cm³/mol. The van der Waals surface area contributed by atoms with Gasteiger partial charge in [-0.15, -0.1) is 0 Å². The van der Waals surface area contributed by atoms with Crippen molar-refractivity contribution in [2.24, 2.45) is 0 Å². The highest BCUT2D eigenvalue weighted by Crippen LogP contribution is 2.25. The summed E-state index contributed by atoms with van der Waals surface area (Å²) in [5.41, 5.74) is 5.67. The van der Waals surface area contributed by atoms with E-state index in [9.17, 15) is 4.79 Å². The zero-order valence-corrected chi connectivity index (χ0v) is 13.2. The van der Waals surface area contributed by atoms with Crippen LogP contribution in [0.5, 0.6) is 0 Å². The molecule has 5 heteroatoms. The van der Waals surface area contributed by atoms with Crippen molar-refractivity contribution in [3.8, 4) is 0 Å². The van der Waals surface area contributed by atoms with Crippen molar-refractivity contribution in [3.05, 3.63) is 23.8 Å². The molecular formula is C16H26N2O3. The number of anilines is 2. The first-order valence-corrected chi connectivity index (χ1v) is 7.47. The van der Waals surface area contributed by atoms with Crippen LogP contribution in [0.1, 0.15) is 38.2 Å². The quantitative estimate of drug-likeness (QED) is 0.595. The Bertz CT molecular complexity index is 431. The Morgan fingerprint density at radius 3 is 2.57 bits per heavy atom. The Hall–Kier alpha value is -1.75. The molecule has 0 atom stereocenters. The van der Waals surface area contributed by atoms with E-state index >= 15 is 0 Å². The normalized spacial score (nSPS) is 12.0.